The number of amides is 1. The summed E-state index contributed by atoms with van der Waals surface area (Å²) in [4.78, 5) is 37.7. The number of nitrogens with one attached hydrogen (secondary N) is 1. The van der Waals surface area contributed by atoms with Crippen LogP contribution >= 0.6 is 0 Å². The molecule has 0 fully saturated rings. The lowest BCUT2D eigenvalue weighted by molar-refractivity contribution is -0.123. The van der Waals surface area contributed by atoms with E-state index in [0.29, 0.717) is 10.8 Å². The summed E-state index contributed by atoms with van der Waals surface area (Å²) in [6.45, 7) is 7.51. The van der Waals surface area contributed by atoms with Crippen molar-refractivity contribution in [2.45, 2.75) is 39.7 Å². The second kappa shape index (κ2) is 8.49. The summed E-state index contributed by atoms with van der Waals surface area (Å²) >= 11 is 0. The molecule has 7 heteroatoms. The van der Waals surface area contributed by atoms with Gasteiger partial charge < -0.3 is 10.1 Å². The van der Waals surface area contributed by atoms with Crippen LogP contribution in [0.1, 0.15) is 48.3 Å². The van der Waals surface area contributed by atoms with E-state index >= 15 is 0 Å². The highest BCUT2D eigenvalue weighted by Gasteiger charge is 2.24. The fourth-order valence-electron chi connectivity index (χ4n) is 3.29. The average molecular weight is 407 g/mol. The summed E-state index contributed by atoms with van der Waals surface area (Å²) < 4.78 is 6.47. The van der Waals surface area contributed by atoms with E-state index in [0.717, 1.165) is 21.5 Å². The van der Waals surface area contributed by atoms with E-state index in [1.165, 1.54) is 14.0 Å². The number of aryl methyl sites for hydroxylation is 2. The van der Waals surface area contributed by atoms with Crippen molar-refractivity contribution >= 4 is 28.3 Å². The number of carbonyl (C=O) groups is 2. The molecule has 7 nitrogen and oxygen atoms in total. The number of nitrogens with zero attached hydrogens (tertiary/aromatic N) is 2. The summed E-state index contributed by atoms with van der Waals surface area (Å²) in [5, 5.41) is 7.68. The Morgan fingerprint density at radius 1 is 1.03 bits per heavy atom. The van der Waals surface area contributed by atoms with Crippen LogP contribution in [-0.4, -0.2) is 27.8 Å². The summed E-state index contributed by atoms with van der Waals surface area (Å²) in [5.41, 5.74) is 2.34. The first-order chi connectivity index (χ1) is 14.2. The van der Waals surface area contributed by atoms with Crippen LogP contribution in [0, 0.1) is 6.92 Å². The third-order valence-corrected chi connectivity index (χ3v) is 4.98. The highest BCUT2D eigenvalue weighted by Crippen LogP contribution is 2.27. The molecule has 1 amide bonds. The second-order valence-electron chi connectivity index (χ2n) is 7.55. The molecule has 1 atom stereocenters. The highest BCUT2D eigenvalue weighted by atomic mass is 16.5. The number of aromatic nitrogens is 2. The fraction of sp³-hybridized carbons (Fsp3) is 0.304. The molecular formula is C23H25N3O4. The number of anilines is 1. The predicted octanol–water partition coefficient (Wildman–Crippen LogP) is 3.55. The Morgan fingerprint density at radius 2 is 1.70 bits per heavy atom. The third kappa shape index (κ3) is 4.10. The van der Waals surface area contributed by atoms with E-state index in [1.54, 1.807) is 24.3 Å². The Morgan fingerprint density at radius 3 is 2.37 bits per heavy atom. The molecule has 3 rings (SSSR count). The number of esters is 1. The van der Waals surface area contributed by atoms with Crippen molar-refractivity contribution in [1.29, 1.82) is 0 Å². The van der Waals surface area contributed by atoms with Crippen LogP contribution in [0.4, 0.5) is 5.69 Å². The SMILES string of the molecule is Cc1cccc(C(C)C)c1NC(=O)[C@H](C)OC(=O)c1nn(C)c(=O)c2ccccc12. The number of hydrogen-bond acceptors (Lipinski definition) is 5. The number of hydrogen-bond donors (Lipinski definition) is 1. The normalized spacial score (nSPS) is 12.1. The van der Waals surface area contributed by atoms with Crippen molar-refractivity contribution in [3.05, 3.63) is 69.6 Å². The predicted molar refractivity (Wildman–Crippen MR) is 116 cm³/mol. The summed E-state index contributed by atoms with van der Waals surface area (Å²) in [5.74, 6) is -0.980. The van der Waals surface area contributed by atoms with E-state index < -0.39 is 18.0 Å². The van der Waals surface area contributed by atoms with Crippen LogP contribution < -0.4 is 10.9 Å². The van der Waals surface area contributed by atoms with Crippen LogP contribution in [0.2, 0.25) is 0 Å². The fourth-order valence-corrected chi connectivity index (χ4v) is 3.29. The second-order valence-corrected chi connectivity index (χ2v) is 7.55. The zero-order chi connectivity index (χ0) is 22.0. The molecule has 0 spiro atoms. The first kappa shape index (κ1) is 21.2. The van der Waals surface area contributed by atoms with Gasteiger partial charge in [-0.15, -0.1) is 0 Å². The number of rotatable bonds is 5. The maximum Gasteiger partial charge on any atom is 0.360 e. The van der Waals surface area contributed by atoms with Crippen LogP contribution in [0.25, 0.3) is 10.8 Å². The molecule has 156 valence electrons. The molecule has 0 saturated carbocycles. The monoisotopic (exact) mass is 407 g/mol. The third-order valence-electron chi connectivity index (χ3n) is 4.98. The Balaban J connectivity index is 1.84. The Bertz CT molecular complexity index is 1180. The zero-order valence-corrected chi connectivity index (χ0v) is 17.7. The van der Waals surface area contributed by atoms with Gasteiger partial charge in [0.05, 0.1) is 5.39 Å². The van der Waals surface area contributed by atoms with E-state index in [2.05, 4.69) is 10.4 Å². The van der Waals surface area contributed by atoms with Gasteiger partial charge in [0.1, 0.15) is 0 Å². The smallest absolute Gasteiger partial charge is 0.360 e. The molecule has 0 saturated heterocycles. The minimum Gasteiger partial charge on any atom is -0.448 e. The molecule has 0 aliphatic heterocycles. The quantitative estimate of drug-likeness (QED) is 0.653. The van der Waals surface area contributed by atoms with Gasteiger partial charge in [0.15, 0.2) is 11.8 Å². The van der Waals surface area contributed by atoms with Gasteiger partial charge in [-0.1, -0.05) is 50.2 Å². The van der Waals surface area contributed by atoms with Crippen molar-refractivity contribution < 1.29 is 14.3 Å². The lowest BCUT2D eigenvalue weighted by Gasteiger charge is -2.19. The molecule has 2 aromatic carbocycles. The minimum atomic E-state index is -1.05. The average Bonchev–Trinajstić information content (AvgIpc) is 2.71. The van der Waals surface area contributed by atoms with Crippen molar-refractivity contribution in [3.63, 3.8) is 0 Å². The first-order valence-electron chi connectivity index (χ1n) is 9.78. The van der Waals surface area contributed by atoms with Gasteiger partial charge in [0.2, 0.25) is 0 Å². The van der Waals surface area contributed by atoms with Gasteiger partial charge in [0, 0.05) is 18.1 Å². The van der Waals surface area contributed by atoms with Crippen molar-refractivity contribution in [2.24, 2.45) is 7.05 Å². The van der Waals surface area contributed by atoms with Crippen LogP contribution in [0.5, 0.6) is 0 Å². The summed E-state index contributed by atoms with van der Waals surface area (Å²) in [6, 6.07) is 12.5. The van der Waals surface area contributed by atoms with Crippen molar-refractivity contribution in [2.75, 3.05) is 5.32 Å². The summed E-state index contributed by atoms with van der Waals surface area (Å²) in [6.07, 6.45) is -1.05. The molecule has 0 bridgehead atoms. The Kier molecular flexibility index (Phi) is 6.01. The number of carbonyl (C=O) groups excluding carboxylic acids is 2. The number of fused-ring (bicyclic) bond motifs is 1. The van der Waals surface area contributed by atoms with Crippen LogP contribution in [0.3, 0.4) is 0 Å². The van der Waals surface area contributed by atoms with Gasteiger partial charge in [-0.25, -0.2) is 9.48 Å². The molecule has 1 heterocycles. The van der Waals surface area contributed by atoms with Gasteiger partial charge >= 0.3 is 5.97 Å². The Hall–Kier alpha value is -3.48. The van der Waals surface area contributed by atoms with Crippen molar-refractivity contribution in [3.8, 4) is 0 Å². The van der Waals surface area contributed by atoms with Gasteiger partial charge in [-0.3, -0.25) is 9.59 Å². The van der Waals surface area contributed by atoms with E-state index in [1.807, 2.05) is 39.0 Å². The first-order valence-corrected chi connectivity index (χ1v) is 9.78. The highest BCUT2D eigenvalue weighted by molar-refractivity contribution is 6.04. The Labute approximate surface area is 174 Å². The topological polar surface area (TPSA) is 90.3 Å². The lowest BCUT2D eigenvalue weighted by atomic mass is 9.98. The van der Waals surface area contributed by atoms with Gasteiger partial charge in [-0.05, 0) is 37.0 Å². The van der Waals surface area contributed by atoms with Crippen LogP contribution in [0.15, 0.2) is 47.3 Å². The lowest BCUT2D eigenvalue weighted by Crippen LogP contribution is -2.32. The van der Waals surface area contributed by atoms with Gasteiger partial charge in [-0.2, -0.15) is 5.10 Å². The number of ether oxygens (including phenoxy) is 1. The molecule has 30 heavy (non-hydrogen) atoms. The summed E-state index contributed by atoms with van der Waals surface area (Å²) in [7, 11) is 1.47. The number of para-hydroxylation sites is 1. The largest absolute Gasteiger partial charge is 0.448 e. The molecule has 0 unspecified atom stereocenters. The van der Waals surface area contributed by atoms with Crippen molar-refractivity contribution in [1.82, 2.24) is 9.78 Å². The zero-order valence-electron chi connectivity index (χ0n) is 17.7. The molecule has 0 radical (unpaired) electrons. The number of benzene rings is 2. The molecule has 3 aromatic rings. The molecule has 1 aromatic heterocycles. The minimum absolute atomic E-state index is 0.00823. The molecular weight excluding hydrogens is 382 g/mol. The standard InChI is InChI=1S/C23H25N3O4/c1-13(2)16-12-8-9-14(3)19(16)24-21(27)15(4)30-23(29)20-17-10-6-7-11-18(17)22(28)26(5)25-20/h6-13,15H,1-5H3,(H,24,27)/t15-/m0/s1. The maximum absolute atomic E-state index is 12.8. The van der Waals surface area contributed by atoms with E-state index in [9.17, 15) is 14.4 Å². The molecule has 0 aliphatic carbocycles. The van der Waals surface area contributed by atoms with E-state index in [4.69, 9.17) is 4.74 Å². The molecule has 1 N–H and O–H groups in total. The maximum atomic E-state index is 12.8. The van der Waals surface area contributed by atoms with Crippen LogP contribution in [-0.2, 0) is 16.6 Å². The van der Waals surface area contributed by atoms with Gasteiger partial charge in [0.25, 0.3) is 11.5 Å². The van der Waals surface area contributed by atoms with E-state index in [-0.39, 0.29) is 17.2 Å². The molecule has 0 aliphatic rings.